The lowest BCUT2D eigenvalue weighted by Gasteiger charge is -2.36. The highest BCUT2D eigenvalue weighted by molar-refractivity contribution is 4.84. The minimum absolute atomic E-state index is 0.575. The molecule has 0 amide bonds. The molecule has 0 aromatic carbocycles. The van der Waals surface area contributed by atoms with E-state index in [0.29, 0.717) is 12.6 Å². The predicted octanol–water partition coefficient (Wildman–Crippen LogP) is 2.27. The SMILES string of the molecule is CC1CCC(N(C)CC#N)CC1C. The number of rotatable bonds is 2. The lowest BCUT2D eigenvalue weighted by atomic mass is 9.79. The Kier molecular flexibility index (Phi) is 3.74. The summed E-state index contributed by atoms with van der Waals surface area (Å²) in [6.45, 7) is 5.24. The summed E-state index contributed by atoms with van der Waals surface area (Å²) in [5, 5.41) is 8.59. The van der Waals surface area contributed by atoms with Crippen LogP contribution in [0.25, 0.3) is 0 Å². The molecular weight excluding hydrogens is 160 g/mol. The zero-order chi connectivity index (χ0) is 9.84. The van der Waals surface area contributed by atoms with Gasteiger partial charge in [-0.05, 0) is 38.1 Å². The molecule has 0 aromatic heterocycles. The summed E-state index contributed by atoms with van der Waals surface area (Å²) in [5.41, 5.74) is 0. The first-order valence-electron chi connectivity index (χ1n) is 5.22. The molecule has 0 spiro atoms. The van der Waals surface area contributed by atoms with E-state index < -0.39 is 0 Å². The number of nitrogens with zero attached hydrogens (tertiary/aromatic N) is 2. The first-order valence-corrected chi connectivity index (χ1v) is 5.22. The minimum atomic E-state index is 0.575. The molecule has 0 saturated heterocycles. The Hall–Kier alpha value is -0.550. The highest BCUT2D eigenvalue weighted by Crippen LogP contribution is 2.31. The molecule has 1 fully saturated rings. The van der Waals surface area contributed by atoms with E-state index in [2.05, 4.69) is 31.9 Å². The Balaban J connectivity index is 2.41. The predicted molar refractivity (Wildman–Crippen MR) is 54.2 cm³/mol. The summed E-state index contributed by atoms with van der Waals surface area (Å²) >= 11 is 0. The monoisotopic (exact) mass is 180 g/mol. The van der Waals surface area contributed by atoms with Crippen molar-refractivity contribution in [3.63, 3.8) is 0 Å². The van der Waals surface area contributed by atoms with Crippen molar-refractivity contribution in [1.29, 1.82) is 5.26 Å². The normalized spacial score (nSPS) is 34.5. The van der Waals surface area contributed by atoms with Crippen molar-refractivity contribution in [2.75, 3.05) is 13.6 Å². The molecule has 74 valence electrons. The van der Waals surface area contributed by atoms with E-state index in [1.165, 1.54) is 19.3 Å². The molecule has 1 rings (SSSR count). The third-order valence-electron chi connectivity index (χ3n) is 3.51. The zero-order valence-corrected chi connectivity index (χ0v) is 8.95. The van der Waals surface area contributed by atoms with Gasteiger partial charge in [0.05, 0.1) is 12.6 Å². The van der Waals surface area contributed by atoms with Crippen LogP contribution in [0.4, 0.5) is 0 Å². The Labute approximate surface area is 81.5 Å². The van der Waals surface area contributed by atoms with Crippen molar-refractivity contribution in [3.05, 3.63) is 0 Å². The highest BCUT2D eigenvalue weighted by atomic mass is 15.1. The van der Waals surface area contributed by atoms with Crippen LogP contribution in [0.3, 0.4) is 0 Å². The molecule has 1 saturated carbocycles. The van der Waals surface area contributed by atoms with Gasteiger partial charge in [0, 0.05) is 6.04 Å². The average Bonchev–Trinajstić information content (AvgIpc) is 2.10. The van der Waals surface area contributed by atoms with Crippen LogP contribution in [0.5, 0.6) is 0 Å². The van der Waals surface area contributed by atoms with E-state index in [1.54, 1.807) is 0 Å². The lowest BCUT2D eigenvalue weighted by Crippen LogP contribution is -2.37. The molecule has 0 aromatic rings. The van der Waals surface area contributed by atoms with Gasteiger partial charge in [-0.25, -0.2) is 0 Å². The minimum Gasteiger partial charge on any atom is -0.291 e. The molecule has 3 atom stereocenters. The fourth-order valence-electron chi connectivity index (χ4n) is 2.16. The summed E-state index contributed by atoms with van der Waals surface area (Å²) in [6, 6.07) is 2.86. The van der Waals surface area contributed by atoms with Crippen LogP contribution in [-0.4, -0.2) is 24.5 Å². The molecule has 2 heteroatoms. The lowest BCUT2D eigenvalue weighted by molar-refractivity contribution is 0.143. The molecule has 13 heavy (non-hydrogen) atoms. The Morgan fingerprint density at radius 3 is 2.54 bits per heavy atom. The van der Waals surface area contributed by atoms with Crippen LogP contribution in [0.2, 0.25) is 0 Å². The van der Waals surface area contributed by atoms with Crippen molar-refractivity contribution >= 4 is 0 Å². The summed E-state index contributed by atoms with van der Waals surface area (Å²) in [5.74, 6) is 1.69. The van der Waals surface area contributed by atoms with Gasteiger partial charge in [0.2, 0.25) is 0 Å². The van der Waals surface area contributed by atoms with Gasteiger partial charge in [0.15, 0.2) is 0 Å². The molecule has 0 bridgehead atoms. The average molecular weight is 180 g/mol. The molecule has 2 nitrogen and oxygen atoms in total. The smallest absolute Gasteiger partial charge is 0.0865 e. The van der Waals surface area contributed by atoms with Gasteiger partial charge in [-0.2, -0.15) is 5.26 Å². The topological polar surface area (TPSA) is 27.0 Å². The second-order valence-corrected chi connectivity index (χ2v) is 4.49. The third-order valence-corrected chi connectivity index (χ3v) is 3.51. The van der Waals surface area contributed by atoms with Gasteiger partial charge < -0.3 is 0 Å². The summed E-state index contributed by atoms with van der Waals surface area (Å²) in [4.78, 5) is 2.20. The molecule has 1 aliphatic carbocycles. The second kappa shape index (κ2) is 4.62. The van der Waals surface area contributed by atoms with Gasteiger partial charge in [0.1, 0.15) is 0 Å². The fourth-order valence-corrected chi connectivity index (χ4v) is 2.16. The summed E-state index contributed by atoms with van der Waals surface area (Å²) in [7, 11) is 2.07. The van der Waals surface area contributed by atoms with E-state index in [1.807, 2.05) is 0 Å². The van der Waals surface area contributed by atoms with Crippen molar-refractivity contribution in [2.24, 2.45) is 11.8 Å². The quantitative estimate of drug-likeness (QED) is 0.609. The van der Waals surface area contributed by atoms with Crippen LogP contribution in [0.1, 0.15) is 33.1 Å². The standard InChI is InChI=1S/C11H20N2/c1-9-4-5-11(8-10(9)2)13(3)7-6-12/h9-11H,4-5,7-8H2,1-3H3. The molecule has 0 heterocycles. The Bertz CT molecular complexity index is 195. The summed E-state index contributed by atoms with van der Waals surface area (Å²) < 4.78 is 0. The van der Waals surface area contributed by atoms with Crippen molar-refractivity contribution < 1.29 is 0 Å². The Morgan fingerprint density at radius 2 is 2.00 bits per heavy atom. The first-order chi connectivity index (χ1) is 6.15. The van der Waals surface area contributed by atoms with Gasteiger partial charge >= 0.3 is 0 Å². The van der Waals surface area contributed by atoms with Crippen LogP contribution in [-0.2, 0) is 0 Å². The van der Waals surface area contributed by atoms with Crippen molar-refractivity contribution in [2.45, 2.75) is 39.2 Å². The van der Waals surface area contributed by atoms with Crippen LogP contribution < -0.4 is 0 Å². The van der Waals surface area contributed by atoms with E-state index in [9.17, 15) is 0 Å². The maximum absolute atomic E-state index is 8.59. The molecule has 3 unspecified atom stereocenters. The maximum Gasteiger partial charge on any atom is 0.0865 e. The van der Waals surface area contributed by atoms with Crippen LogP contribution in [0.15, 0.2) is 0 Å². The second-order valence-electron chi connectivity index (χ2n) is 4.49. The first kappa shape index (κ1) is 10.5. The van der Waals surface area contributed by atoms with E-state index in [4.69, 9.17) is 5.26 Å². The maximum atomic E-state index is 8.59. The van der Waals surface area contributed by atoms with E-state index >= 15 is 0 Å². The van der Waals surface area contributed by atoms with Crippen LogP contribution in [0, 0.1) is 23.2 Å². The van der Waals surface area contributed by atoms with E-state index in [-0.39, 0.29) is 0 Å². The molecule has 0 N–H and O–H groups in total. The van der Waals surface area contributed by atoms with Gasteiger partial charge in [0.25, 0.3) is 0 Å². The third kappa shape index (κ3) is 2.70. The van der Waals surface area contributed by atoms with Crippen molar-refractivity contribution in [1.82, 2.24) is 4.90 Å². The molecule has 1 aliphatic rings. The number of nitriles is 1. The van der Waals surface area contributed by atoms with Gasteiger partial charge in [-0.3, -0.25) is 4.90 Å². The highest BCUT2D eigenvalue weighted by Gasteiger charge is 2.26. The zero-order valence-electron chi connectivity index (χ0n) is 8.95. The summed E-state index contributed by atoms with van der Waals surface area (Å²) in [6.07, 6.45) is 3.85. The molecule has 0 aliphatic heterocycles. The van der Waals surface area contributed by atoms with E-state index in [0.717, 1.165) is 11.8 Å². The molecule has 0 radical (unpaired) electrons. The van der Waals surface area contributed by atoms with Gasteiger partial charge in [-0.1, -0.05) is 13.8 Å². The number of hydrogen-bond acceptors (Lipinski definition) is 2. The Morgan fingerprint density at radius 1 is 1.31 bits per heavy atom. The largest absolute Gasteiger partial charge is 0.291 e. The van der Waals surface area contributed by atoms with Crippen molar-refractivity contribution in [3.8, 4) is 6.07 Å². The number of hydrogen-bond donors (Lipinski definition) is 0. The van der Waals surface area contributed by atoms with Gasteiger partial charge in [-0.15, -0.1) is 0 Å². The molecular formula is C11H20N2. The van der Waals surface area contributed by atoms with Crippen LogP contribution >= 0.6 is 0 Å². The fraction of sp³-hybridized carbons (Fsp3) is 0.909.